The molecule has 206 valence electrons. The van der Waals surface area contributed by atoms with E-state index < -0.39 is 10.0 Å². The summed E-state index contributed by atoms with van der Waals surface area (Å²) in [5.74, 6) is -0.336. The molecule has 1 aliphatic heterocycles. The minimum absolute atomic E-state index is 0.0274. The lowest BCUT2D eigenvalue weighted by Crippen LogP contribution is -2.44. The van der Waals surface area contributed by atoms with Gasteiger partial charge in [0.2, 0.25) is 10.0 Å². The van der Waals surface area contributed by atoms with Crippen molar-refractivity contribution in [1.82, 2.24) is 24.6 Å². The van der Waals surface area contributed by atoms with E-state index in [0.717, 1.165) is 35.3 Å². The standard InChI is InChI=1S/C25H28ClN7O4S2/c1-14-10-33(11-15(2)37-14)12-23-29-21(13-38-23)25(34)30-19-5-16(7-22-18(19)9-28-32(22)3)17-6-20(24(26)27-8-17)31-39(4,35)36/h5-9,13-15,31H,10-12H2,1-4H3,(H,30,34). The predicted octanol–water partition coefficient (Wildman–Crippen LogP) is 3.98. The molecule has 1 saturated heterocycles. The lowest BCUT2D eigenvalue weighted by atomic mass is 10.0. The maximum atomic E-state index is 13.2. The van der Waals surface area contributed by atoms with Crippen LogP contribution in [0.5, 0.6) is 0 Å². The highest BCUT2D eigenvalue weighted by Crippen LogP contribution is 2.33. The number of benzene rings is 1. The van der Waals surface area contributed by atoms with E-state index in [1.165, 1.54) is 11.3 Å². The third kappa shape index (κ3) is 6.39. The lowest BCUT2D eigenvalue weighted by Gasteiger charge is -2.34. The van der Waals surface area contributed by atoms with Crippen molar-refractivity contribution < 1.29 is 17.9 Å². The van der Waals surface area contributed by atoms with Crippen LogP contribution in [0.25, 0.3) is 22.0 Å². The summed E-state index contributed by atoms with van der Waals surface area (Å²) in [6, 6.07) is 5.28. The first-order chi connectivity index (χ1) is 18.4. The van der Waals surface area contributed by atoms with Crippen molar-refractivity contribution in [3.63, 3.8) is 0 Å². The van der Waals surface area contributed by atoms with Crippen molar-refractivity contribution in [2.75, 3.05) is 29.4 Å². The Bertz CT molecular complexity index is 1640. The van der Waals surface area contributed by atoms with Crippen LogP contribution in [0.4, 0.5) is 11.4 Å². The van der Waals surface area contributed by atoms with E-state index in [4.69, 9.17) is 16.3 Å². The Kier molecular flexibility index (Phi) is 7.62. The topological polar surface area (TPSA) is 131 Å². The Balaban J connectivity index is 1.41. The number of carbonyl (C=O) groups excluding carboxylic acids is 1. The van der Waals surface area contributed by atoms with Gasteiger partial charge in [0.1, 0.15) is 10.7 Å². The molecule has 4 aromatic rings. The fraction of sp³-hybridized carbons (Fsp3) is 0.360. The number of sulfonamides is 1. The summed E-state index contributed by atoms with van der Waals surface area (Å²) in [7, 11) is -1.76. The van der Waals surface area contributed by atoms with Gasteiger partial charge in [0.05, 0.1) is 48.1 Å². The zero-order chi connectivity index (χ0) is 27.9. The van der Waals surface area contributed by atoms with E-state index in [1.54, 1.807) is 41.6 Å². The number of thiazole rings is 1. The van der Waals surface area contributed by atoms with Gasteiger partial charge in [-0.05, 0) is 37.6 Å². The number of morpholine rings is 1. The smallest absolute Gasteiger partial charge is 0.275 e. The van der Waals surface area contributed by atoms with Crippen LogP contribution in [0.3, 0.4) is 0 Å². The molecule has 2 unspecified atom stereocenters. The fourth-order valence-electron chi connectivity index (χ4n) is 4.67. The normalized spacial score (nSPS) is 18.4. The second kappa shape index (κ2) is 10.8. The van der Waals surface area contributed by atoms with Crippen molar-refractivity contribution in [2.45, 2.75) is 32.6 Å². The highest BCUT2D eigenvalue weighted by atomic mass is 35.5. The fourth-order valence-corrected chi connectivity index (χ4v) is 6.25. The number of halogens is 1. The number of anilines is 2. The van der Waals surface area contributed by atoms with E-state index >= 15 is 0 Å². The first-order valence-corrected chi connectivity index (χ1v) is 15.3. The van der Waals surface area contributed by atoms with Gasteiger partial charge in [0.25, 0.3) is 5.91 Å². The largest absolute Gasteiger partial charge is 0.373 e. The molecule has 1 fully saturated rings. The number of pyridine rings is 1. The van der Waals surface area contributed by atoms with Gasteiger partial charge in [-0.1, -0.05) is 11.6 Å². The van der Waals surface area contributed by atoms with Crippen LogP contribution in [0.15, 0.2) is 36.0 Å². The summed E-state index contributed by atoms with van der Waals surface area (Å²) in [6.07, 6.45) is 4.56. The number of ether oxygens (including phenoxy) is 1. The van der Waals surface area contributed by atoms with E-state index in [2.05, 4.69) is 43.9 Å². The SMILES string of the molecule is CC1CN(Cc2nc(C(=O)Nc3cc(-c4cnc(Cl)c(NS(C)(=O)=O)c4)cc4c3cnn4C)cs2)CC(C)O1. The van der Waals surface area contributed by atoms with E-state index in [1.807, 2.05) is 6.07 Å². The quantitative estimate of drug-likeness (QED) is 0.310. The number of hydrogen-bond acceptors (Lipinski definition) is 9. The molecular weight excluding hydrogens is 562 g/mol. The van der Waals surface area contributed by atoms with Gasteiger partial charge in [0.15, 0.2) is 5.15 Å². The van der Waals surface area contributed by atoms with Crippen molar-refractivity contribution in [2.24, 2.45) is 7.05 Å². The molecule has 11 nitrogen and oxygen atoms in total. The number of aryl methyl sites for hydroxylation is 1. The third-order valence-electron chi connectivity index (χ3n) is 6.22. The Morgan fingerprint density at radius 1 is 1.15 bits per heavy atom. The Hall–Kier alpha value is -3.10. The molecular formula is C25H28ClN7O4S2. The highest BCUT2D eigenvalue weighted by Gasteiger charge is 2.23. The summed E-state index contributed by atoms with van der Waals surface area (Å²) in [5.41, 5.74) is 3.10. The molecule has 0 bridgehead atoms. The minimum Gasteiger partial charge on any atom is -0.373 e. The van der Waals surface area contributed by atoms with E-state index in [0.29, 0.717) is 29.1 Å². The molecule has 3 aromatic heterocycles. The number of fused-ring (bicyclic) bond motifs is 1. The molecule has 14 heteroatoms. The van der Waals surface area contributed by atoms with Gasteiger partial charge in [-0.15, -0.1) is 11.3 Å². The molecule has 2 N–H and O–H groups in total. The molecule has 1 aromatic carbocycles. The third-order valence-corrected chi connectivity index (χ3v) is 7.95. The van der Waals surface area contributed by atoms with Gasteiger partial charge in [0, 0.05) is 42.7 Å². The maximum absolute atomic E-state index is 13.2. The molecule has 0 spiro atoms. The maximum Gasteiger partial charge on any atom is 0.275 e. The number of rotatable bonds is 7. The van der Waals surface area contributed by atoms with Crippen LogP contribution in [0, 0.1) is 0 Å². The summed E-state index contributed by atoms with van der Waals surface area (Å²) in [6.45, 7) is 6.40. The number of nitrogens with one attached hydrogen (secondary N) is 2. The van der Waals surface area contributed by atoms with Gasteiger partial charge in [-0.25, -0.2) is 18.4 Å². The molecule has 2 atom stereocenters. The average Bonchev–Trinajstić information content (AvgIpc) is 3.46. The molecule has 5 rings (SSSR count). The molecule has 39 heavy (non-hydrogen) atoms. The second-order valence-corrected chi connectivity index (χ2v) is 12.7. The zero-order valence-electron chi connectivity index (χ0n) is 21.8. The Morgan fingerprint density at radius 3 is 2.59 bits per heavy atom. The Labute approximate surface area is 235 Å². The first kappa shape index (κ1) is 27.5. The number of hydrogen-bond donors (Lipinski definition) is 2. The van der Waals surface area contributed by atoms with Crippen LogP contribution < -0.4 is 10.0 Å². The first-order valence-electron chi connectivity index (χ1n) is 12.2. The van der Waals surface area contributed by atoms with Gasteiger partial charge in [-0.2, -0.15) is 5.10 Å². The monoisotopic (exact) mass is 589 g/mol. The zero-order valence-corrected chi connectivity index (χ0v) is 24.2. The highest BCUT2D eigenvalue weighted by molar-refractivity contribution is 7.92. The number of carbonyl (C=O) groups is 1. The number of amides is 1. The minimum atomic E-state index is -3.56. The van der Waals surface area contributed by atoms with Gasteiger partial charge >= 0.3 is 0 Å². The van der Waals surface area contributed by atoms with Crippen LogP contribution in [-0.4, -0.2) is 70.5 Å². The average molecular weight is 590 g/mol. The van der Waals surface area contributed by atoms with Crippen molar-refractivity contribution in [1.29, 1.82) is 0 Å². The summed E-state index contributed by atoms with van der Waals surface area (Å²) < 4.78 is 33.4. The van der Waals surface area contributed by atoms with Crippen molar-refractivity contribution in [3.8, 4) is 11.1 Å². The van der Waals surface area contributed by atoms with E-state index in [9.17, 15) is 13.2 Å². The van der Waals surface area contributed by atoms with Crippen molar-refractivity contribution >= 4 is 61.1 Å². The number of aromatic nitrogens is 4. The molecule has 4 heterocycles. The molecule has 0 saturated carbocycles. The summed E-state index contributed by atoms with van der Waals surface area (Å²) in [4.78, 5) is 24.3. The van der Waals surface area contributed by atoms with Crippen molar-refractivity contribution in [3.05, 3.63) is 51.8 Å². The lowest BCUT2D eigenvalue weighted by molar-refractivity contribution is -0.0705. The van der Waals surface area contributed by atoms with Crippen LogP contribution in [0.2, 0.25) is 5.15 Å². The molecule has 0 radical (unpaired) electrons. The van der Waals surface area contributed by atoms with E-state index in [-0.39, 0.29) is 29.0 Å². The molecule has 1 amide bonds. The predicted molar refractivity (Wildman–Crippen MR) is 153 cm³/mol. The van der Waals surface area contributed by atoms with Gasteiger partial charge in [-0.3, -0.25) is 19.1 Å². The Morgan fingerprint density at radius 2 is 1.87 bits per heavy atom. The van der Waals surface area contributed by atoms with Crippen LogP contribution in [-0.2, 0) is 28.4 Å². The van der Waals surface area contributed by atoms with Crippen LogP contribution >= 0.6 is 22.9 Å². The second-order valence-electron chi connectivity index (χ2n) is 9.69. The molecule has 0 aliphatic carbocycles. The van der Waals surface area contributed by atoms with Crippen LogP contribution in [0.1, 0.15) is 29.3 Å². The number of nitrogens with zero attached hydrogens (tertiary/aromatic N) is 5. The summed E-state index contributed by atoms with van der Waals surface area (Å²) in [5, 5.41) is 10.7. The summed E-state index contributed by atoms with van der Waals surface area (Å²) >= 11 is 7.57. The van der Waals surface area contributed by atoms with Gasteiger partial charge < -0.3 is 10.1 Å². The molecule has 1 aliphatic rings.